The lowest BCUT2D eigenvalue weighted by Crippen LogP contribution is -2.34. The second-order valence-corrected chi connectivity index (χ2v) is 14.0. The molecule has 46 heavy (non-hydrogen) atoms. The minimum Gasteiger partial charge on any atom is -0.611 e. The third kappa shape index (κ3) is 5.46. The normalized spacial score (nSPS) is 17.3. The molecule has 2 aliphatic rings. The van der Waals surface area contributed by atoms with Gasteiger partial charge in [-0.05, 0) is 79.0 Å². The molecule has 7 nitrogen and oxygen atoms in total. The van der Waals surface area contributed by atoms with E-state index in [2.05, 4.69) is 17.1 Å². The van der Waals surface area contributed by atoms with Crippen LogP contribution in [0.1, 0.15) is 49.8 Å². The van der Waals surface area contributed by atoms with Crippen LogP contribution in [0.4, 0.5) is 21.6 Å². The van der Waals surface area contributed by atoms with Gasteiger partial charge < -0.3 is 19.7 Å². The molecule has 7 rings (SSSR count). The zero-order chi connectivity index (χ0) is 31.9. The summed E-state index contributed by atoms with van der Waals surface area (Å²) in [5.74, 6) is 0.0720. The summed E-state index contributed by atoms with van der Waals surface area (Å²) in [6, 6.07) is 27.4. The van der Waals surface area contributed by atoms with E-state index in [4.69, 9.17) is 4.98 Å². The highest BCUT2D eigenvalue weighted by atomic mass is 32.2. The quantitative estimate of drug-likeness (QED) is 0.205. The Morgan fingerprint density at radius 3 is 2.63 bits per heavy atom. The standard InChI is InChI=1S/C36H31FN4O3S2/c1-22-9-7-12-27(37)33(22)39-35(42)30-21-24-17-18-41(29-14-5-3-11-26(29)34(24)45-30)36(43)28-13-8-16-32(38-28)40-19-20-46(44)31-15-6-4-10-25(31)23(40)2/h3-16,21,23H,17-20H2,1-2H3,(H,39,42)/t23-,46?/m0/s1. The maximum atomic E-state index is 14.4. The molecule has 2 aliphatic heterocycles. The van der Waals surface area contributed by atoms with E-state index in [1.54, 1.807) is 30.0 Å². The van der Waals surface area contributed by atoms with Crippen LogP contribution in [0.5, 0.6) is 0 Å². The average Bonchev–Trinajstić information content (AvgIpc) is 3.38. The number of halogens is 1. The SMILES string of the molecule is Cc1cccc(F)c1NC(=O)c1cc2c(s1)-c1ccccc1N(C(=O)c1cccc(N3CC[S+]([O-])c4ccccc4[C@@H]3C)n1)CC2. The van der Waals surface area contributed by atoms with E-state index >= 15 is 0 Å². The number of aromatic nitrogens is 1. The summed E-state index contributed by atoms with van der Waals surface area (Å²) in [6.45, 7) is 4.77. The maximum Gasteiger partial charge on any atom is 0.276 e. The van der Waals surface area contributed by atoms with Crippen LogP contribution < -0.4 is 15.1 Å². The number of hydrogen-bond donors (Lipinski definition) is 1. The van der Waals surface area contributed by atoms with Crippen LogP contribution in [0, 0.1) is 12.7 Å². The van der Waals surface area contributed by atoms with E-state index in [-0.39, 0.29) is 23.5 Å². The largest absolute Gasteiger partial charge is 0.611 e. The molecule has 2 atom stereocenters. The van der Waals surface area contributed by atoms with Gasteiger partial charge in [0.15, 0.2) is 4.90 Å². The first-order valence-corrected chi connectivity index (χ1v) is 17.2. The summed E-state index contributed by atoms with van der Waals surface area (Å²) in [7, 11) is 0. The Hall–Kier alpha value is -4.51. The van der Waals surface area contributed by atoms with Crippen molar-refractivity contribution in [3.8, 4) is 10.4 Å². The number of amides is 2. The molecule has 0 saturated heterocycles. The van der Waals surface area contributed by atoms with Crippen LogP contribution in [0.3, 0.4) is 0 Å². The molecule has 5 aromatic rings. The highest BCUT2D eigenvalue weighted by Gasteiger charge is 2.32. The van der Waals surface area contributed by atoms with E-state index in [0.29, 0.717) is 47.2 Å². The third-order valence-corrected chi connectivity index (χ3v) is 11.3. The molecule has 10 heteroatoms. The van der Waals surface area contributed by atoms with Gasteiger partial charge in [0.05, 0.1) is 28.8 Å². The molecule has 2 aromatic heterocycles. The number of carbonyl (C=O) groups is 2. The number of nitrogens with zero attached hydrogens (tertiary/aromatic N) is 3. The van der Waals surface area contributed by atoms with Gasteiger partial charge in [0.1, 0.15) is 23.1 Å². The van der Waals surface area contributed by atoms with Gasteiger partial charge in [-0.15, -0.1) is 11.3 Å². The van der Waals surface area contributed by atoms with Gasteiger partial charge in [-0.25, -0.2) is 9.37 Å². The predicted molar refractivity (Wildman–Crippen MR) is 182 cm³/mol. The van der Waals surface area contributed by atoms with Crippen molar-refractivity contribution in [2.45, 2.75) is 31.2 Å². The van der Waals surface area contributed by atoms with Gasteiger partial charge in [-0.1, -0.05) is 54.6 Å². The number of benzene rings is 3. The summed E-state index contributed by atoms with van der Waals surface area (Å²) < 4.78 is 27.4. The molecular weight excluding hydrogens is 620 g/mol. The fourth-order valence-corrected chi connectivity index (χ4v) is 8.68. The van der Waals surface area contributed by atoms with Crippen molar-refractivity contribution >= 4 is 51.5 Å². The Bertz CT molecular complexity index is 1960. The maximum absolute atomic E-state index is 14.4. The van der Waals surface area contributed by atoms with Crippen molar-refractivity contribution in [2.75, 3.05) is 34.0 Å². The molecule has 232 valence electrons. The van der Waals surface area contributed by atoms with Gasteiger partial charge >= 0.3 is 0 Å². The first-order valence-electron chi connectivity index (χ1n) is 15.1. The van der Waals surface area contributed by atoms with Gasteiger partial charge in [0.25, 0.3) is 11.8 Å². The summed E-state index contributed by atoms with van der Waals surface area (Å²) in [4.78, 5) is 38.3. The molecule has 0 spiro atoms. The fourth-order valence-electron chi connectivity index (χ4n) is 6.22. The molecule has 0 bridgehead atoms. The van der Waals surface area contributed by atoms with Crippen molar-refractivity contribution in [3.63, 3.8) is 0 Å². The lowest BCUT2D eigenvalue weighted by Gasteiger charge is -2.28. The van der Waals surface area contributed by atoms with E-state index in [1.807, 2.05) is 66.7 Å². The van der Waals surface area contributed by atoms with Crippen LogP contribution in [-0.2, 0) is 17.6 Å². The number of rotatable bonds is 4. The zero-order valence-electron chi connectivity index (χ0n) is 25.3. The topological polar surface area (TPSA) is 88.6 Å². The van der Waals surface area contributed by atoms with Gasteiger partial charge in [0.2, 0.25) is 0 Å². The molecule has 0 radical (unpaired) electrons. The van der Waals surface area contributed by atoms with Crippen LogP contribution in [0.2, 0.25) is 0 Å². The minimum atomic E-state index is -1.11. The lowest BCUT2D eigenvalue weighted by molar-refractivity contribution is 0.0981. The Balaban J connectivity index is 1.17. The first kappa shape index (κ1) is 30.2. The Labute approximate surface area is 273 Å². The highest BCUT2D eigenvalue weighted by molar-refractivity contribution is 7.91. The van der Waals surface area contributed by atoms with E-state index in [9.17, 15) is 18.5 Å². The number of aryl methyl sites for hydroxylation is 1. The number of hydrogen-bond acceptors (Lipinski definition) is 6. The molecule has 4 heterocycles. The van der Waals surface area contributed by atoms with E-state index < -0.39 is 17.0 Å². The van der Waals surface area contributed by atoms with E-state index in [1.165, 1.54) is 17.4 Å². The van der Waals surface area contributed by atoms with Crippen LogP contribution in [0.25, 0.3) is 10.4 Å². The zero-order valence-corrected chi connectivity index (χ0v) is 27.0. The number of carbonyl (C=O) groups excluding carboxylic acids is 2. The summed E-state index contributed by atoms with van der Waals surface area (Å²) in [6.07, 6.45) is 0.531. The number of para-hydroxylation sites is 2. The lowest BCUT2D eigenvalue weighted by atomic mass is 10.1. The average molecular weight is 651 g/mol. The van der Waals surface area contributed by atoms with Crippen molar-refractivity contribution in [1.29, 1.82) is 0 Å². The van der Waals surface area contributed by atoms with Gasteiger partial charge in [0, 0.05) is 22.5 Å². The van der Waals surface area contributed by atoms with Crippen molar-refractivity contribution < 1.29 is 18.5 Å². The second kappa shape index (κ2) is 12.4. The Kier molecular flexibility index (Phi) is 8.10. The van der Waals surface area contributed by atoms with Crippen molar-refractivity contribution in [1.82, 2.24) is 4.98 Å². The molecule has 0 fully saturated rings. The van der Waals surface area contributed by atoms with Crippen LogP contribution in [-0.4, -0.2) is 40.2 Å². The number of anilines is 3. The molecule has 0 saturated carbocycles. The Morgan fingerprint density at radius 1 is 1.00 bits per heavy atom. The van der Waals surface area contributed by atoms with Gasteiger partial charge in [-0.3, -0.25) is 9.59 Å². The smallest absolute Gasteiger partial charge is 0.276 e. The Morgan fingerprint density at radius 2 is 1.78 bits per heavy atom. The minimum absolute atomic E-state index is 0.0657. The fraction of sp³-hybridized carbons (Fsp3) is 0.194. The first-order chi connectivity index (χ1) is 22.3. The van der Waals surface area contributed by atoms with Crippen molar-refractivity contribution in [2.24, 2.45) is 0 Å². The molecule has 1 unspecified atom stereocenters. The monoisotopic (exact) mass is 650 g/mol. The summed E-state index contributed by atoms with van der Waals surface area (Å²) >= 11 is 0.227. The number of fused-ring (bicyclic) bond motifs is 4. The van der Waals surface area contributed by atoms with Crippen molar-refractivity contribution in [3.05, 3.63) is 124 Å². The number of pyridine rings is 1. The molecule has 1 N–H and O–H groups in total. The van der Waals surface area contributed by atoms with Crippen LogP contribution >= 0.6 is 11.3 Å². The number of thiophene rings is 1. The molecule has 0 aliphatic carbocycles. The molecule has 2 amide bonds. The van der Waals surface area contributed by atoms with Crippen LogP contribution in [0.15, 0.2) is 95.9 Å². The number of nitrogens with one attached hydrogen (secondary N) is 1. The van der Waals surface area contributed by atoms with E-state index in [0.717, 1.165) is 32.2 Å². The molecule has 3 aromatic carbocycles. The summed E-state index contributed by atoms with van der Waals surface area (Å²) in [5.41, 5.74) is 4.69. The highest BCUT2D eigenvalue weighted by Crippen LogP contribution is 2.42. The summed E-state index contributed by atoms with van der Waals surface area (Å²) in [5, 5.41) is 2.74. The van der Waals surface area contributed by atoms with Gasteiger partial charge in [-0.2, -0.15) is 0 Å². The predicted octanol–water partition coefficient (Wildman–Crippen LogP) is 7.40. The second-order valence-electron chi connectivity index (χ2n) is 11.4. The third-order valence-electron chi connectivity index (χ3n) is 8.63. The molecular formula is C36H31FN4O3S2.